The fraction of sp³-hybridized carbons (Fsp3) is 0.167. The lowest BCUT2D eigenvalue weighted by Gasteiger charge is -2.11. The van der Waals surface area contributed by atoms with Crippen molar-refractivity contribution in [3.63, 3.8) is 0 Å². The van der Waals surface area contributed by atoms with Crippen molar-refractivity contribution in [2.24, 2.45) is 0 Å². The van der Waals surface area contributed by atoms with Gasteiger partial charge in [0.2, 0.25) is 5.91 Å². The second-order valence-corrected chi connectivity index (χ2v) is 6.27. The molecule has 0 saturated heterocycles. The van der Waals surface area contributed by atoms with Crippen LogP contribution in [-0.2, 0) is 11.3 Å². The Bertz CT molecular complexity index is 1040. The standard InChI is InChI=1S/C18H17N3O3S/c1-25-15-9-5-3-7-13(15)19-16(22)10-11-21-14-8-4-2-6-12(14)17(23)20-18(21)24/h2-9H,10-11H2,1H3,(H,19,22)(H,20,23,24). The molecule has 1 amide bonds. The normalized spacial score (nSPS) is 10.8. The molecule has 0 radical (unpaired) electrons. The second kappa shape index (κ2) is 7.40. The summed E-state index contributed by atoms with van der Waals surface area (Å²) in [5, 5.41) is 3.29. The number of carbonyl (C=O) groups excluding carboxylic acids is 1. The average molecular weight is 355 g/mol. The molecule has 3 aromatic rings. The predicted molar refractivity (Wildman–Crippen MR) is 100 cm³/mol. The van der Waals surface area contributed by atoms with Gasteiger partial charge in [-0.25, -0.2) is 4.79 Å². The van der Waals surface area contributed by atoms with Crippen LogP contribution in [0.4, 0.5) is 5.69 Å². The van der Waals surface area contributed by atoms with E-state index >= 15 is 0 Å². The molecule has 25 heavy (non-hydrogen) atoms. The number of aromatic amines is 1. The molecule has 128 valence electrons. The third-order valence-corrected chi connectivity index (χ3v) is 4.64. The number of aryl methyl sites for hydroxylation is 1. The van der Waals surface area contributed by atoms with Crippen LogP contribution in [0.2, 0.25) is 0 Å². The van der Waals surface area contributed by atoms with Gasteiger partial charge in [0.05, 0.1) is 16.6 Å². The Morgan fingerprint density at radius 1 is 1.12 bits per heavy atom. The minimum absolute atomic E-state index is 0.124. The molecule has 0 saturated carbocycles. The Morgan fingerprint density at radius 3 is 2.64 bits per heavy atom. The van der Waals surface area contributed by atoms with Crippen LogP contribution in [0.3, 0.4) is 0 Å². The number of nitrogens with one attached hydrogen (secondary N) is 2. The van der Waals surface area contributed by atoms with E-state index in [4.69, 9.17) is 0 Å². The number of anilines is 1. The molecule has 7 heteroatoms. The van der Waals surface area contributed by atoms with Crippen molar-refractivity contribution in [2.75, 3.05) is 11.6 Å². The van der Waals surface area contributed by atoms with E-state index in [0.717, 1.165) is 10.6 Å². The number of benzene rings is 2. The number of aromatic nitrogens is 2. The van der Waals surface area contributed by atoms with Crippen molar-refractivity contribution >= 4 is 34.3 Å². The van der Waals surface area contributed by atoms with Crippen molar-refractivity contribution in [3.05, 3.63) is 69.4 Å². The molecule has 2 aromatic carbocycles. The summed E-state index contributed by atoms with van der Waals surface area (Å²) in [6.07, 6.45) is 2.07. The van der Waals surface area contributed by atoms with E-state index < -0.39 is 11.2 Å². The zero-order valence-corrected chi connectivity index (χ0v) is 14.4. The number of fused-ring (bicyclic) bond motifs is 1. The molecule has 1 aromatic heterocycles. The van der Waals surface area contributed by atoms with E-state index in [-0.39, 0.29) is 18.9 Å². The summed E-state index contributed by atoms with van der Waals surface area (Å²) in [5.41, 5.74) is 0.337. The fourth-order valence-corrected chi connectivity index (χ4v) is 3.19. The Hall–Kier alpha value is -2.80. The molecule has 3 rings (SSSR count). The maximum atomic E-state index is 12.3. The largest absolute Gasteiger partial charge is 0.328 e. The topological polar surface area (TPSA) is 84.0 Å². The van der Waals surface area contributed by atoms with Gasteiger partial charge in [-0.2, -0.15) is 0 Å². The summed E-state index contributed by atoms with van der Waals surface area (Å²) in [5.74, 6) is -0.191. The molecule has 0 aliphatic carbocycles. The van der Waals surface area contributed by atoms with Gasteiger partial charge in [-0.1, -0.05) is 24.3 Å². The van der Waals surface area contributed by atoms with Crippen LogP contribution in [0.5, 0.6) is 0 Å². The molecule has 2 N–H and O–H groups in total. The summed E-state index contributed by atoms with van der Waals surface area (Å²) in [7, 11) is 0. The number of para-hydroxylation sites is 2. The van der Waals surface area contributed by atoms with Crippen molar-refractivity contribution in [2.45, 2.75) is 17.9 Å². The lowest BCUT2D eigenvalue weighted by atomic mass is 10.2. The number of rotatable bonds is 5. The molecule has 0 fully saturated rings. The summed E-state index contributed by atoms with van der Waals surface area (Å²) in [6, 6.07) is 14.4. The summed E-state index contributed by atoms with van der Waals surface area (Å²) in [4.78, 5) is 39.5. The van der Waals surface area contributed by atoms with Crippen LogP contribution in [0, 0.1) is 0 Å². The third-order valence-electron chi connectivity index (χ3n) is 3.85. The van der Waals surface area contributed by atoms with Gasteiger partial charge in [-0.15, -0.1) is 11.8 Å². The molecule has 6 nitrogen and oxygen atoms in total. The van der Waals surface area contributed by atoms with Gasteiger partial charge in [-0.3, -0.25) is 19.1 Å². The van der Waals surface area contributed by atoms with Gasteiger partial charge in [0.25, 0.3) is 5.56 Å². The highest BCUT2D eigenvalue weighted by Crippen LogP contribution is 2.24. The highest BCUT2D eigenvalue weighted by Gasteiger charge is 2.10. The summed E-state index contributed by atoms with van der Waals surface area (Å²) in [6.45, 7) is 0.184. The van der Waals surface area contributed by atoms with Crippen molar-refractivity contribution < 1.29 is 4.79 Å². The number of hydrogen-bond donors (Lipinski definition) is 2. The number of amides is 1. The third kappa shape index (κ3) is 3.66. The molecule has 0 atom stereocenters. The molecule has 0 aliphatic heterocycles. The lowest BCUT2D eigenvalue weighted by molar-refractivity contribution is -0.116. The molecule has 0 spiro atoms. The van der Waals surface area contributed by atoms with Crippen molar-refractivity contribution in [3.8, 4) is 0 Å². The number of thioether (sulfide) groups is 1. The first-order valence-electron chi connectivity index (χ1n) is 7.75. The van der Waals surface area contributed by atoms with E-state index in [1.807, 2.05) is 30.5 Å². The van der Waals surface area contributed by atoms with Gasteiger partial charge < -0.3 is 5.32 Å². The van der Waals surface area contributed by atoms with Gasteiger partial charge in [0, 0.05) is 17.9 Å². The smallest absolute Gasteiger partial charge is 0.325 e. The highest BCUT2D eigenvalue weighted by atomic mass is 32.2. The van der Waals surface area contributed by atoms with Crippen LogP contribution >= 0.6 is 11.8 Å². The van der Waals surface area contributed by atoms with E-state index in [2.05, 4.69) is 10.3 Å². The van der Waals surface area contributed by atoms with Crippen LogP contribution in [0.25, 0.3) is 10.9 Å². The quantitative estimate of drug-likeness (QED) is 0.689. The Balaban J connectivity index is 1.80. The second-order valence-electron chi connectivity index (χ2n) is 5.43. The van der Waals surface area contributed by atoms with Gasteiger partial charge in [0.15, 0.2) is 0 Å². The van der Waals surface area contributed by atoms with E-state index in [9.17, 15) is 14.4 Å². The van der Waals surface area contributed by atoms with Gasteiger partial charge in [-0.05, 0) is 30.5 Å². The molecule has 0 aliphatic rings. The van der Waals surface area contributed by atoms with E-state index in [1.165, 1.54) is 4.57 Å². The van der Waals surface area contributed by atoms with Crippen LogP contribution in [0.15, 0.2) is 63.0 Å². The lowest BCUT2D eigenvalue weighted by Crippen LogP contribution is -2.31. The first-order chi connectivity index (χ1) is 12.1. The Morgan fingerprint density at radius 2 is 1.84 bits per heavy atom. The molecule has 0 unspecified atom stereocenters. The number of hydrogen-bond acceptors (Lipinski definition) is 4. The van der Waals surface area contributed by atoms with Crippen molar-refractivity contribution in [1.82, 2.24) is 9.55 Å². The Kier molecular flexibility index (Phi) is 5.04. The SMILES string of the molecule is CSc1ccccc1NC(=O)CCn1c(=O)[nH]c(=O)c2ccccc21. The maximum absolute atomic E-state index is 12.3. The number of nitrogens with zero attached hydrogens (tertiary/aromatic N) is 1. The average Bonchev–Trinajstić information content (AvgIpc) is 2.62. The predicted octanol–water partition coefficient (Wildman–Crippen LogP) is 2.44. The molecule has 0 bridgehead atoms. The maximum Gasteiger partial charge on any atom is 0.328 e. The Labute approximate surface area is 147 Å². The van der Waals surface area contributed by atoms with Crippen molar-refractivity contribution in [1.29, 1.82) is 0 Å². The number of H-pyrrole nitrogens is 1. The van der Waals surface area contributed by atoms with Gasteiger partial charge >= 0.3 is 5.69 Å². The minimum atomic E-state index is -0.513. The zero-order valence-electron chi connectivity index (χ0n) is 13.6. The monoisotopic (exact) mass is 355 g/mol. The molecular formula is C18H17N3O3S. The van der Waals surface area contributed by atoms with Gasteiger partial charge in [0.1, 0.15) is 0 Å². The van der Waals surface area contributed by atoms with Crippen LogP contribution in [0.1, 0.15) is 6.42 Å². The number of carbonyl (C=O) groups is 1. The van der Waals surface area contributed by atoms with E-state index in [0.29, 0.717) is 10.9 Å². The highest BCUT2D eigenvalue weighted by molar-refractivity contribution is 7.98. The van der Waals surface area contributed by atoms with Crippen LogP contribution in [-0.4, -0.2) is 21.7 Å². The zero-order chi connectivity index (χ0) is 17.8. The summed E-state index contributed by atoms with van der Waals surface area (Å²) < 4.78 is 1.41. The fourth-order valence-electron chi connectivity index (χ4n) is 2.64. The first kappa shape index (κ1) is 17.0. The first-order valence-corrected chi connectivity index (χ1v) is 8.97. The molecule has 1 heterocycles. The van der Waals surface area contributed by atoms with E-state index in [1.54, 1.807) is 36.0 Å². The van der Waals surface area contributed by atoms with Crippen LogP contribution < -0.4 is 16.6 Å². The minimum Gasteiger partial charge on any atom is -0.325 e. The summed E-state index contributed by atoms with van der Waals surface area (Å²) >= 11 is 1.55. The molecular weight excluding hydrogens is 338 g/mol.